The first-order valence-corrected chi connectivity index (χ1v) is 15.6. The van der Waals surface area contributed by atoms with Gasteiger partial charge in [0, 0.05) is 18.2 Å². The highest BCUT2D eigenvalue weighted by molar-refractivity contribution is 7.89. The lowest BCUT2D eigenvalue weighted by Crippen LogP contribution is -2.37. The molecule has 5 rings (SSSR count). The lowest BCUT2D eigenvalue weighted by molar-refractivity contribution is -0.118. The van der Waals surface area contributed by atoms with E-state index in [1.165, 1.54) is 4.31 Å². The molecule has 0 radical (unpaired) electrons. The molecule has 0 bridgehead atoms. The summed E-state index contributed by atoms with van der Waals surface area (Å²) in [6.07, 6.45) is 4.80. The standard InChI is InChI=1S/C31H37N3O6S/c1-3-4-19-40-28-20-23(12-15-27(28)39-2)31(16-17-31)30(36)33-29-9-5-8-26(32-29)22-10-13-25(14-11-22)41(37,38)34-18-6-7-24(34)21-35/h5,8-15,20,24,35H,3-4,6-7,16-19,21H2,1-2H3,(H,32,33,36)/t24-/m1/s1. The Morgan fingerprint density at radius 3 is 2.59 bits per heavy atom. The minimum absolute atomic E-state index is 0.127. The molecular weight excluding hydrogens is 542 g/mol. The minimum atomic E-state index is -3.69. The van der Waals surface area contributed by atoms with Crippen LogP contribution in [-0.4, -0.2) is 61.6 Å². The van der Waals surface area contributed by atoms with E-state index in [4.69, 9.17) is 9.47 Å². The number of nitrogens with one attached hydrogen (secondary N) is 1. The Morgan fingerprint density at radius 1 is 1.12 bits per heavy atom. The average molecular weight is 580 g/mol. The van der Waals surface area contributed by atoms with Crippen molar-refractivity contribution < 1.29 is 27.8 Å². The molecule has 2 aliphatic rings. The molecule has 2 aromatic carbocycles. The molecule has 1 amide bonds. The van der Waals surface area contributed by atoms with Gasteiger partial charge in [0.05, 0.1) is 36.3 Å². The first-order chi connectivity index (χ1) is 19.8. The van der Waals surface area contributed by atoms with Gasteiger partial charge in [0.15, 0.2) is 11.5 Å². The number of aromatic nitrogens is 1. The third kappa shape index (κ3) is 5.95. The summed E-state index contributed by atoms with van der Waals surface area (Å²) >= 11 is 0. The van der Waals surface area contributed by atoms with E-state index in [1.54, 1.807) is 37.4 Å². The maximum atomic E-state index is 13.5. The number of carbonyl (C=O) groups excluding carboxylic acids is 1. The molecule has 1 aliphatic carbocycles. The van der Waals surface area contributed by atoms with Crippen molar-refractivity contribution in [3.05, 3.63) is 66.2 Å². The zero-order valence-corrected chi connectivity index (χ0v) is 24.3. The van der Waals surface area contributed by atoms with E-state index in [-0.39, 0.29) is 23.5 Å². The lowest BCUT2D eigenvalue weighted by Gasteiger charge is -2.22. The highest BCUT2D eigenvalue weighted by Crippen LogP contribution is 2.50. The number of nitrogens with zero attached hydrogens (tertiary/aromatic N) is 2. The largest absolute Gasteiger partial charge is 0.493 e. The number of amides is 1. The van der Waals surface area contributed by atoms with Crippen molar-refractivity contribution in [2.24, 2.45) is 0 Å². The van der Waals surface area contributed by atoms with Crippen LogP contribution in [0, 0.1) is 0 Å². The molecule has 2 N–H and O–H groups in total. The second-order valence-corrected chi connectivity index (χ2v) is 12.5. The number of sulfonamides is 1. The summed E-state index contributed by atoms with van der Waals surface area (Å²) < 4.78 is 39.0. The SMILES string of the molecule is CCCCOc1cc(C2(C(=O)Nc3cccc(-c4ccc(S(=O)(=O)N5CCC[C@@H]5CO)cc4)n3)CC2)ccc1OC. The minimum Gasteiger partial charge on any atom is -0.493 e. The number of hydrogen-bond donors (Lipinski definition) is 2. The van der Waals surface area contributed by atoms with Crippen LogP contribution in [0.25, 0.3) is 11.3 Å². The van der Waals surface area contributed by atoms with Crippen LogP contribution in [-0.2, 0) is 20.2 Å². The van der Waals surface area contributed by atoms with Crippen LogP contribution < -0.4 is 14.8 Å². The van der Waals surface area contributed by atoms with E-state index < -0.39 is 15.4 Å². The third-order valence-corrected chi connectivity index (χ3v) is 9.90. The predicted octanol–water partition coefficient (Wildman–Crippen LogP) is 4.75. The van der Waals surface area contributed by atoms with Gasteiger partial charge in [-0.25, -0.2) is 13.4 Å². The summed E-state index contributed by atoms with van der Waals surface area (Å²) in [6.45, 7) is 2.91. The molecule has 41 heavy (non-hydrogen) atoms. The van der Waals surface area contributed by atoms with Crippen molar-refractivity contribution in [1.82, 2.24) is 9.29 Å². The smallest absolute Gasteiger partial charge is 0.243 e. The Morgan fingerprint density at radius 2 is 1.90 bits per heavy atom. The molecule has 1 aromatic heterocycles. The Balaban J connectivity index is 1.31. The van der Waals surface area contributed by atoms with Gasteiger partial charge in [0.1, 0.15) is 5.82 Å². The van der Waals surface area contributed by atoms with Crippen molar-refractivity contribution >= 4 is 21.7 Å². The maximum absolute atomic E-state index is 13.5. The van der Waals surface area contributed by atoms with Crippen LogP contribution in [0.15, 0.2) is 65.6 Å². The van der Waals surface area contributed by atoms with Gasteiger partial charge in [-0.1, -0.05) is 37.6 Å². The van der Waals surface area contributed by atoms with Crippen molar-refractivity contribution in [2.45, 2.75) is 61.8 Å². The summed E-state index contributed by atoms with van der Waals surface area (Å²) in [5.74, 6) is 1.58. The highest BCUT2D eigenvalue weighted by Gasteiger charge is 2.51. The summed E-state index contributed by atoms with van der Waals surface area (Å²) in [5.41, 5.74) is 1.58. The molecule has 2 heterocycles. The Hall–Kier alpha value is -3.47. The number of aliphatic hydroxyl groups is 1. The normalized spacial score (nSPS) is 18.2. The van der Waals surface area contributed by atoms with Gasteiger partial charge in [-0.15, -0.1) is 0 Å². The Kier molecular flexibility index (Phi) is 8.63. The van der Waals surface area contributed by atoms with Crippen LogP contribution >= 0.6 is 0 Å². The zero-order valence-electron chi connectivity index (χ0n) is 23.5. The van der Waals surface area contributed by atoms with Crippen molar-refractivity contribution in [2.75, 3.05) is 32.2 Å². The molecule has 1 saturated heterocycles. The number of rotatable bonds is 12. The molecule has 3 aromatic rings. The molecule has 0 unspecified atom stereocenters. The fourth-order valence-corrected chi connectivity index (χ4v) is 7.01. The molecule has 9 nitrogen and oxygen atoms in total. The molecule has 1 atom stereocenters. The van der Waals surface area contributed by atoms with Crippen LogP contribution in [0.4, 0.5) is 5.82 Å². The Bertz CT molecular complexity index is 1490. The number of benzene rings is 2. The fraction of sp³-hybridized carbons (Fsp3) is 0.419. The number of pyridine rings is 1. The van der Waals surface area contributed by atoms with Gasteiger partial charge >= 0.3 is 0 Å². The van der Waals surface area contributed by atoms with Crippen LogP contribution in [0.5, 0.6) is 11.5 Å². The predicted molar refractivity (Wildman–Crippen MR) is 157 cm³/mol. The molecule has 2 fully saturated rings. The number of aliphatic hydroxyl groups excluding tert-OH is 1. The van der Waals surface area contributed by atoms with E-state index in [9.17, 15) is 18.3 Å². The summed E-state index contributed by atoms with van der Waals surface area (Å²) in [6, 6.07) is 17.2. The van der Waals surface area contributed by atoms with Crippen molar-refractivity contribution in [3.8, 4) is 22.8 Å². The van der Waals surface area contributed by atoms with Gasteiger partial charge in [-0.2, -0.15) is 4.31 Å². The van der Waals surface area contributed by atoms with Gasteiger partial charge < -0.3 is 19.9 Å². The van der Waals surface area contributed by atoms with E-state index >= 15 is 0 Å². The van der Waals surface area contributed by atoms with Crippen LogP contribution in [0.3, 0.4) is 0 Å². The molecular formula is C31H37N3O6S. The second-order valence-electron chi connectivity index (χ2n) is 10.6. The first-order valence-electron chi connectivity index (χ1n) is 14.2. The monoisotopic (exact) mass is 579 g/mol. The number of methoxy groups -OCH3 is 1. The van der Waals surface area contributed by atoms with Crippen molar-refractivity contribution in [1.29, 1.82) is 0 Å². The quantitative estimate of drug-likeness (QED) is 0.297. The fourth-order valence-electron chi connectivity index (χ4n) is 5.33. The molecule has 1 aliphatic heterocycles. The van der Waals surface area contributed by atoms with Gasteiger partial charge in [-0.05, 0) is 74.1 Å². The Labute approximate surface area is 241 Å². The second kappa shape index (κ2) is 12.2. The summed E-state index contributed by atoms with van der Waals surface area (Å²) in [4.78, 5) is 18.3. The average Bonchev–Trinajstić information content (AvgIpc) is 3.66. The van der Waals surface area contributed by atoms with Gasteiger partial charge in [-0.3, -0.25) is 4.79 Å². The third-order valence-electron chi connectivity index (χ3n) is 7.94. The number of unbranched alkanes of at least 4 members (excludes halogenated alkanes) is 1. The van der Waals surface area contributed by atoms with E-state index in [0.717, 1.165) is 43.2 Å². The summed E-state index contributed by atoms with van der Waals surface area (Å²) in [5, 5.41) is 12.6. The first kappa shape index (κ1) is 29.0. The van der Waals surface area contributed by atoms with Crippen LogP contribution in [0.2, 0.25) is 0 Å². The molecule has 1 saturated carbocycles. The molecule has 10 heteroatoms. The topological polar surface area (TPSA) is 118 Å². The van der Waals surface area contributed by atoms with Crippen LogP contribution in [0.1, 0.15) is 51.0 Å². The van der Waals surface area contributed by atoms with E-state index in [0.29, 0.717) is 42.6 Å². The molecule has 218 valence electrons. The van der Waals surface area contributed by atoms with E-state index in [1.807, 2.05) is 30.3 Å². The van der Waals surface area contributed by atoms with E-state index in [2.05, 4.69) is 17.2 Å². The van der Waals surface area contributed by atoms with Gasteiger partial charge in [0.25, 0.3) is 0 Å². The number of hydrogen-bond acceptors (Lipinski definition) is 7. The number of carbonyl (C=O) groups is 1. The lowest BCUT2D eigenvalue weighted by atomic mass is 9.94. The maximum Gasteiger partial charge on any atom is 0.243 e. The molecule has 0 spiro atoms. The summed E-state index contributed by atoms with van der Waals surface area (Å²) in [7, 11) is -2.09. The number of anilines is 1. The van der Waals surface area contributed by atoms with Gasteiger partial charge in [0.2, 0.25) is 15.9 Å². The zero-order chi connectivity index (χ0) is 29.0. The number of ether oxygens (including phenoxy) is 2. The highest BCUT2D eigenvalue weighted by atomic mass is 32.2. The van der Waals surface area contributed by atoms with Crippen molar-refractivity contribution in [3.63, 3.8) is 0 Å².